The van der Waals surface area contributed by atoms with E-state index in [0.717, 1.165) is 12.3 Å². The fourth-order valence-corrected chi connectivity index (χ4v) is 2.52. The van der Waals surface area contributed by atoms with E-state index >= 15 is 0 Å². The minimum absolute atomic E-state index is 0.0610. The van der Waals surface area contributed by atoms with Gasteiger partial charge in [-0.25, -0.2) is 0 Å². The van der Waals surface area contributed by atoms with E-state index in [4.69, 9.17) is 11.6 Å². The summed E-state index contributed by atoms with van der Waals surface area (Å²) in [5.74, 6) is 0. The Bertz CT molecular complexity index is 646. The maximum atomic E-state index is 13.1. The van der Waals surface area contributed by atoms with Gasteiger partial charge in [0.05, 0.1) is 16.6 Å². The number of benzene rings is 1. The van der Waals surface area contributed by atoms with Crippen LogP contribution in [0.15, 0.2) is 41.1 Å². The molecule has 2 nitrogen and oxygen atoms in total. The van der Waals surface area contributed by atoms with Crippen LogP contribution < -0.4 is 5.32 Å². The molecule has 1 heterocycles. The van der Waals surface area contributed by atoms with Gasteiger partial charge >= 0.3 is 6.18 Å². The third kappa shape index (κ3) is 3.56. The molecule has 1 unspecified atom stereocenters. The van der Waals surface area contributed by atoms with Gasteiger partial charge in [-0.1, -0.05) is 17.7 Å². The summed E-state index contributed by atoms with van der Waals surface area (Å²) in [4.78, 5) is 3.81. The van der Waals surface area contributed by atoms with Crippen molar-refractivity contribution < 1.29 is 13.2 Å². The lowest BCUT2D eigenvalue weighted by atomic mass is 9.96. The molecule has 0 saturated heterocycles. The first-order chi connectivity index (χ1) is 9.84. The second-order valence-electron chi connectivity index (χ2n) is 4.36. The van der Waals surface area contributed by atoms with Crippen LogP contribution in [0.25, 0.3) is 0 Å². The largest absolute Gasteiger partial charge is 0.416 e. The van der Waals surface area contributed by atoms with Gasteiger partial charge in [-0.3, -0.25) is 4.98 Å². The zero-order valence-electron chi connectivity index (χ0n) is 10.9. The summed E-state index contributed by atoms with van der Waals surface area (Å²) in [6, 6.07) is 5.36. The first kappa shape index (κ1) is 16.3. The van der Waals surface area contributed by atoms with E-state index < -0.39 is 17.8 Å². The van der Waals surface area contributed by atoms with E-state index in [9.17, 15) is 13.2 Å². The predicted octanol–water partition coefficient (Wildman–Crippen LogP) is 4.83. The summed E-state index contributed by atoms with van der Waals surface area (Å²) < 4.78 is 40.0. The Labute approximate surface area is 133 Å². The van der Waals surface area contributed by atoms with Crippen LogP contribution in [-0.2, 0) is 6.18 Å². The molecule has 112 valence electrons. The molecule has 2 rings (SSSR count). The van der Waals surface area contributed by atoms with Crippen molar-refractivity contribution >= 4 is 27.5 Å². The molecular formula is C14H11BrClF3N2. The Kier molecular flexibility index (Phi) is 4.91. The van der Waals surface area contributed by atoms with Gasteiger partial charge in [-0.15, -0.1) is 0 Å². The zero-order valence-corrected chi connectivity index (χ0v) is 13.2. The molecule has 0 spiro atoms. The fourth-order valence-electron chi connectivity index (χ4n) is 2.09. The molecule has 0 aliphatic rings. The van der Waals surface area contributed by atoms with Crippen LogP contribution >= 0.6 is 27.5 Å². The molecule has 0 fully saturated rings. The van der Waals surface area contributed by atoms with Crippen molar-refractivity contribution in [3.63, 3.8) is 0 Å². The molecule has 1 atom stereocenters. The second-order valence-corrected chi connectivity index (χ2v) is 5.62. The van der Waals surface area contributed by atoms with Crippen molar-refractivity contribution in [1.82, 2.24) is 10.3 Å². The van der Waals surface area contributed by atoms with Gasteiger partial charge in [0.15, 0.2) is 0 Å². The first-order valence-corrected chi connectivity index (χ1v) is 7.15. The average Bonchev–Trinajstić information content (AvgIpc) is 2.43. The third-order valence-electron chi connectivity index (χ3n) is 3.03. The van der Waals surface area contributed by atoms with Crippen LogP contribution in [0.4, 0.5) is 13.2 Å². The topological polar surface area (TPSA) is 24.9 Å². The lowest BCUT2D eigenvalue weighted by Gasteiger charge is -2.21. The Morgan fingerprint density at radius 2 is 2.00 bits per heavy atom. The van der Waals surface area contributed by atoms with Crippen molar-refractivity contribution in [3.8, 4) is 0 Å². The number of pyridine rings is 1. The summed E-state index contributed by atoms with van der Waals surface area (Å²) in [5.41, 5.74) is -0.0222. The Morgan fingerprint density at radius 1 is 1.29 bits per heavy atom. The number of hydrogen-bond donors (Lipinski definition) is 1. The molecule has 0 aliphatic heterocycles. The van der Waals surface area contributed by atoms with Crippen LogP contribution in [0.2, 0.25) is 5.02 Å². The van der Waals surface area contributed by atoms with E-state index in [1.54, 1.807) is 25.2 Å². The first-order valence-electron chi connectivity index (χ1n) is 5.98. The van der Waals surface area contributed by atoms with Gasteiger partial charge in [0.25, 0.3) is 0 Å². The van der Waals surface area contributed by atoms with Crippen molar-refractivity contribution in [2.24, 2.45) is 0 Å². The van der Waals surface area contributed by atoms with Crippen molar-refractivity contribution in [2.45, 2.75) is 12.2 Å². The number of nitrogens with zero attached hydrogens (tertiary/aromatic N) is 1. The molecule has 21 heavy (non-hydrogen) atoms. The summed E-state index contributed by atoms with van der Waals surface area (Å²) in [5, 5.41) is 3.32. The maximum absolute atomic E-state index is 13.1. The van der Waals surface area contributed by atoms with E-state index in [-0.39, 0.29) is 5.56 Å². The smallest absolute Gasteiger partial charge is 0.309 e. The summed E-state index contributed by atoms with van der Waals surface area (Å²) in [7, 11) is 1.59. The highest BCUT2D eigenvalue weighted by Crippen LogP contribution is 2.37. The van der Waals surface area contributed by atoms with Crippen LogP contribution in [0.1, 0.15) is 22.7 Å². The van der Waals surface area contributed by atoms with Gasteiger partial charge in [-0.2, -0.15) is 13.2 Å². The van der Waals surface area contributed by atoms with Gasteiger partial charge in [0, 0.05) is 22.4 Å². The Morgan fingerprint density at radius 3 is 2.57 bits per heavy atom. The van der Waals surface area contributed by atoms with Crippen LogP contribution in [0.5, 0.6) is 0 Å². The number of nitrogens with one attached hydrogen (secondary N) is 1. The van der Waals surface area contributed by atoms with E-state index in [0.29, 0.717) is 15.1 Å². The van der Waals surface area contributed by atoms with Crippen LogP contribution in [0, 0.1) is 0 Å². The van der Waals surface area contributed by atoms with E-state index in [2.05, 4.69) is 26.2 Å². The minimum atomic E-state index is -4.44. The zero-order chi connectivity index (χ0) is 15.6. The summed E-state index contributed by atoms with van der Waals surface area (Å²) >= 11 is 9.28. The maximum Gasteiger partial charge on any atom is 0.416 e. The molecule has 2 aromatic rings. The summed E-state index contributed by atoms with van der Waals surface area (Å²) in [6.07, 6.45) is -2.08. The highest BCUT2D eigenvalue weighted by molar-refractivity contribution is 9.10. The quantitative estimate of drug-likeness (QED) is 0.826. The molecule has 0 aliphatic carbocycles. The highest BCUT2D eigenvalue weighted by Gasteiger charge is 2.35. The molecule has 1 aromatic heterocycles. The number of hydrogen-bond acceptors (Lipinski definition) is 2. The van der Waals surface area contributed by atoms with E-state index in [1.807, 2.05) is 0 Å². The molecule has 0 radical (unpaired) electrons. The monoisotopic (exact) mass is 378 g/mol. The number of rotatable bonds is 3. The lowest BCUT2D eigenvalue weighted by molar-refractivity contribution is -0.138. The SMILES string of the molecule is CNC(c1ccc(Br)c(Cl)c1)c1cnccc1C(F)(F)F. The molecule has 0 bridgehead atoms. The number of halogens is 5. The van der Waals surface area contributed by atoms with Crippen molar-refractivity contribution in [1.29, 1.82) is 0 Å². The van der Waals surface area contributed by atoms with Crippen molar-refractivity contribution in [2.75, 3.05) is 7.05 Å². The summed E-state index contributed by atoms with van der Waals surface area (Å²) in [6.45, 7) is 0. The van der Waals surface area contributed by atoms with E-state index in [1.165, 1.54) is 6.20 Å². The minimum Gasteiger partial charge on any atom is -0.309 e. The van der Waals surface area contributed by atoms with Crippen LogP contribution in [-0.4, -0.2) is 12.0 Å². The normalized spacial score (nSPS) is 13.2. The molecule has 0 saturated carbocycles. The molecular weight excluding hydrogens is 369 g/mol. The third-order valence-corrected chi connectivity index (χ3v) is 4.27. The molecule has 0 amide bonds. The Hall–Kier alpha value is -1.11. The predicted molar refractivity (Wildman–Crippen MR) is 79.3 cm³/mol. The average molecular weight is 380 g/mol. The fraction of sp³-hybridized carbons (Fsp3) is 0.214. The van der Waals surface area contributed by atoms with Gasteiger partial charge < -0.3 is 5.32 Å². The highest BCUT2D eigenvalue weighted by atomic mass is 79.9. The number of alkyl halides is 3. The molecule has 1 N–H and O–H groups in total. The number of aromatic nitrogens is 1. The van der Waals surface area contributed by atoms with Gasteiger partial charge in [0.2, 0.25) is 0 Å². The standard InChI is InChI=1S/C14H11BrClF3N2/c1-20-13(8-2-3-11(15)12(16)6-8)9-7-21-5-4-10(9)14(17,18)19/h2-7,13,20H,1H3. The van der Waals surface area contributed by atoms with Gasteiger partial charge in [0.1, 0.15) is 0 Å². The Balaban J connectivity index is 2.54. The molecule has 1 aromatic carbocycles. The van der Waals surface area contributed by atoms with Crippen molar-refractivity contribution in [3.05, 3.63) is 62.8 Å². The lowest BCUT2D eigenvalue weighted by Crippen LogP contribution is -2.22. The second kappa shape index (κ2) is 6.34. The van der Waals surface area contributed by atoms with Crippen LogP contribution in [0.3, 0.4) is 0 Å². The molecule has 7 heteroatoms. The van der Waals surface area contributed by atoms with Gasteiger partial charge in [-0.05, 0) is 46.7 Å².